The molecule has 1 saturated heterocycles. The third-order valence-electron chi connectivity index (χ3n) is 4.20. The van der Waals surface area contributed by atoms with E-state index < -0.39 is 6.36 Å². The van der Waals surface area contributed by atoms with Crippen LogP contribution in [-0.4, -0.2) is 37.4 Å². The number of rotatable bonds is 4. The van der Waals surface area contributed by atoms with Gasteiger partial charge in [0, 0.05) is 36.2 Å². The van der Waals surface area contributed by atoms with Crippen LogP contribution >= 0.6 is 15.9 Å². The van der Waals surface area contributed by atoms with E-state index in [2.05, 4.69) is 30.9 Å². The molecule has 1 aliphatic rings. The lowest BCUT2D eigenvalue weighted by Crippen LogP contribution is -2.45. The molecule has 1 N–H and O–H groups in total. The van der Waals surface area contributed by atoms with Crippen molar-refractivity contribution in [3.05, 3.63) is 63.9 Å². The van der Waals surface area contributed by atoms with Crippen molar-refractivity contribution < 1.29 is 22.3 Å². The predicted octanol–water partition coefficient (Wildman–Crippen LogP) is 4.48. The Morgan fingerprint density at radius 2 is 1.69 bits per heavy atom. The minimum atomic E-state index is -4.74. The number of piperazine rings is 1. The van der Waals surface area contributed by atoms with Crippen LogP contribution in [0.5, 0.6) is 5.75 Å². The van der Waals surface area contributed by atoms with Gasteiger partial charge in [0.15, 0.2) is 0 Å². The van der Waals surface area contributed by atoms with Gasteiger partial charge in [0.2, 0.25) is 0 Å². The molecule has 1 heterocycles. The third kappa shape index (κ3) is 4.75. The van der Waals surface area contributed by atoms with Gasteiger partial charge in [0.1, 0.15) is 11.6 Å². The van der Waals surface area contributed by atoms with Gasteiger partial charge in [-0.15, -0.1) is 13.2 Å². The van der Waals surface area contributed by atoms with Crippen molar-refractivity contribution in [1.29, 1.82) is 0 Å². The van der Waals surface area contributed by atoms with Crippen LogP contribution in [0, 0.1) is 5.82 Å². The number of nitrogens with one attached hydrogen (secondary N) is 1. The molecule has 3 rings (SSSR count). The van der Waals surface area contributed by atoms with Gasteiger partial charge in [-0.25, -0.2) is 4.39 Å². The summed E-state index contributed by atoms with van der Waals surface area (Å²) >= 11 is 3.25. The Balaban J connectivity index is 1.95. The highest BCUT2D eigenvalue weighted by atomic mass is 79.9. The van der Waals surface area contributed by atoms with Crippen LogP contribution in [0.2, 0.25) is 0 Å². The summed E-state index contributed by atoms with van der Waals surface area (Å²) in [5.41, 5.74) is 1.20. The quantitative estimate of drug-likeness (QED) is 0.720. The first kappa shape index (κ1) is 19.1. The minimum absolute atomic E-state index is 0.295. The summed E-state index contributed by atoms with van der Waals surface area (Å²) in [6, 6.07) is 10.1. The van der Waals surface area contributed by atoms with Crippen molar-refractivity contribution in [1.82, 2.24) is 10.2 Å². The molecule has 0 radical (unpaired) electrons. The molecule has 1 fully saturated rings. The Hall–Kier alpha value is -1.64. The van der Waals surface area contributed by atoms with Crippen LogP contribution in [0.15, 0.2) is 46.9 Å². The second-order valence-corrected chi connectivity index (χ2v) is 6.89. The Labute approximate surface area is 157 Å². The fourth-order valence-electron chi connectivity index (χ4n) is 3.10. The van der Waals surface area contributed by atoms with E-state index in [9.17, 15) is 17.6 Å². The van der Waals surface area contributed by atoms with E-state index in [-0.39, 0.29) is 17.6 Å². The summed E-state index contributed by atoms with van der Waals surface area (Å²) in [7, 11) is 0. The molecule has 1 atom stereocenters. The zero-order valence-electron chi connectivity index (χ0n) is 13.7. The molecule has 140 valence electrons. The SMILES string of the molecule is Fc1cc(Br)ccc1[C@@H](c1ccc(OC(F)(F)F)cc1)N1CCNCC1. The van der Waals surface area contributed by atoms with E-state index in [4.69, 9.17) is 0 Å². The second-order valence-electron chi connectivity index (χ2n) is 5.97. The molecular formula is C18H17BrF4N2O. The fourth-order valence-corrected chi connectivity index (χ4v) is 3.44. The fraction of sp³-hybridized carbons (Fsp3) is 0.333. The van der Waals surface area contributed by atoms with Gasteiger partial charge in [0.25, 0.3) is 0 Å². The summed E-state index contributed by atoms with van der Waals surface area (Å²) in [5.74, 6) is -0.657. The molecule has 0 amide bonds. The van der Waals surface area contributed by atoms with Crippen molar-refractivity contribution in [3.8, 4) is 5.75 Å². The predicted molar refractivity (Wildman–Crippen MR) is 93.5 cm³/mol. The maximum atomic E-state index is 14.6. The Morgan fingerprint density at radius 1 is 1.04 bits per heavy atom. The lowest BCUT2D eigenvalue weighted by atomic mass is 9.96. The number of nitrogens with zero attached hydrogens (tertiary/aromatic N) is 1. The maximum Gasteiger partial charge on any atom is 0.573 e. The topological polar surface area (TPSA) is 24.5 Å². The number of hydrogen-bond acceptors (Lipinski definition) is 3. The smallest absolute Gasteiger partial charge is 0.406 e. The van der Waals surface area contributed by atoms with E-state index in [1.165, 1.54) is 18.2 Å². The van der Waals surface area contributed by atoms with Crippen molar-refractivity contribution >= 4 is 15.9 Å². The van der Waals surface area contributed by atoms with Gasteiger partial charge >= 0.3 is 6.36 Å². The summed E-state index contributed by atoms with van der Waals surface area (Å²) in [6.07, 6.45) is -4.74. The Bertz CT molecular complexity index is 746. The molecule has 26 heavy (non-hydrogen) atoms. The highest BCUT2D eigenvalue weighted by Gasteiger charge is 2.31. The normalized spacial score (nSPS) is 17.1. The van der Waals surface area contributed by atoms with Gasteiger partial charge in [-0.2, -0.15) is 0 Å². The first-order valence-corrected chi connectivity index (χ1v) is 8.88. The minimum Gasteiger partial charge on any atom is -0.406 e. The van der Waals surface area contributed by atoms with E-state index in [1.54, 1.807) is 24.3 Å². The Kier molecular flexibility index (Phi) is 5.84. The van der Waals surface area contributed by atoms with E-state index in [1.807, 2.05) is 0 Å². The summed E-state index contributed by atoms with van der Waals surface area (Å²) in [4.78, 5) is 2.11. The molecular weight excluding hydrogens is 416 g/mol. The van der Waals surface area contributed by atoms with Crippen molar-refractivity contribution in [3.63, 3.8) is 0 Å². The van der Waals surface area contributed by atoms with Crippen LogP contribution in [0.4, 0.5) is 17.6 Å². The number of alkyl halides is 3. The number of ether oxygens (including phenoxy) is 1. The second kappa shape index (κ2) is 7.94. The van der Waals surface area contributed by atoms with Gasteiger partial charge in [-0.1, -0.05) is 34.1 Å². The average molecular weight is 433 g/mol. The number of halogens is 5. The van der Waals surface area contributed by atoms with Crippen molar-refractivity contribution in [2.75, 3.05) is 26.2 Å². The molecule has 0 unspecified atom stereocenters. The highest BCUT2D eigenvalue weighted by molar-refractivity contribution is 9.10. The zero-order valence-corrected chi connectivity index (χ0v) is 15.3. The van der Waals surface area contributed by atoms with Crippen LogP contribution in [0.3, 0.4) is 0 Å². The third-order valence-corrected chi connectivity index (χ3v) is 4.70. The molecule has 0 saturated carbocycles. The zero-order chi connectivity index (χ0) is 18.7. The number of benzene rings is 2. The summed E-state index contributed by atoms with van der Waals surface area (Å²) in [6.45, 7) is 2.95. The van der Waals surface area contributed by atoms with Crippen LogP contribution in [-0.2, 0) is 0 Å². The van der Waals surface area contributed by atoms with Crippen LogP contribution in [0.25, 0.3) is 0 Å². The standard InChI is InChI=1S/C18H17BrF4N2O/c19-13-3-6-15(16(20)11-13)17(25-9-7-24-8-10-25)12-1-4-14(5-2-12)26-18(21,22)23/h1-6,11,17,24H,7-10H2/t17-/m1/s1. The molecule has 0 aliphatic carbocycles. The summed E-state index contributed by atoms with van der Waals surface area (Å²) < 4.78 is 56.2. The molecule has 1 aliphatic heterocycles. The molecule has 0 spiro atoms. The summed E-state index contributed by atoms with van der Waals surface area (Å²) in [5, 5.41) is 3.24. The van der Waals surface area contributed by atoms with Crippen LogP contribution in [0.1, 0.15) is 17.2 Å². The average Bonchev–Trinajstić information content (AvgIpc) is 2.58. The monoisotopic (exact) mass is 432 g/mol. The van der Waals surface area contributed by atoms with E-state index in [0.29, 0.717) is 28.7 Å². The highest BCUT2D eigenvalue weighted by Crippen LogP contribution is 2.33. The van der Waals surface area contributed by atoms with E-state index in [0.717, 1.165) is 13.1 Å². The molecule has 2 aromatic rings. The van der Waals surface area contributed by atoms with Crippen LogP contribution < -0.4 is 10.1 Å². The first-order chi connectivity index (χ1) is 12.3. The molecule has 8 heteroatoms. The molecule has 3 nitrogen and oxygen atoms in total. The van der Waals surface area contributed by atoms with Gasteiger partial charge in [-0.3, -0.25) is 4.90 Å². The van der Waals surface area contributed by atoms with Gasteiger partial charge in [-0.05, 0) is 29.8 Å². The largest absolute Gasteiger partial charge is 0.573 e. The first-order valence-electron chi connectivity index (χ1n) is 8.09. The molecule has 0 bridgehead atoms. The lowest BCUT2D eigenvalue weighted by Gasteiger charge is -2.35. The Morgan fingerprint density at radius 3 is 2.27 bits per heavy atom. The number of hydrogen-bond donors (Lipinski definition) is 1. The van der Waals surface area contributed by atoms with Gasteiger partial charge < -0.3 is 10.1 Å². The van der Waals surface area contributed by atoms with Crippen molar-refractivity contribution in [2.45, 2.75) is 12.4 Å². The molecule has 0 aromatic heterocycles. The van der Waals surface area contributed by atoms with E-state index >= 15 is 0 Å². The van der Waals surface area contributed by atoms with Gasteiger partial charge in [0.05, 0.1) is 6.04 Å². The maximum absolute atomic E-state index is 14.6. The molecule has 2 aromatic carbocycles. The van der Waals surface area contributed by atoms with Crippen molar-refractivity contribution in [2.24, 2.45) is 0 Å². The lowest BCUT2D eigenvalue weighted by molar-refractivity contribution is -0.274.